The fourth-order valence-corrected chi connectivity index (χ4v) is 3.05. The summed E-state index contributed by atoms with van der Waals surface area (Å²) >= 11 is 0. The highest BCUT2D eigenvalue weighted by Crippen LogP contribution is 2.32. The van der Waals surface area contributed by atoms with E-state index in [0.717, 1.165) is 21.8 Å². The lowest BCUT2D eigenvalue weighted by Crippen LogP contribution is -2.11. The van der Waals surface area contributed by atoms with Gasteiger partial charge in [0.15, 0.2) is 5.82 Å². The number of ether oxygens (including phenoxy) is 1. The predicted octanol–water partition coefficient (Wildman–Crippen LogP) is 3.68. The first-order chi connectivity index (χ1) is 13.8. The van der Waals surface area contributed by atoms with E-state index >= 15 is 0 Å². The van der Waals surface area contributed by atoms with E-state index in [-0.39, 0.29) is 5.82 Å². The third-order valence-electron chi connectivity index (χ3n) is 4.34. The summed E-state index contributed by atoms with van der Waals surface area (Å²) in [5, 5.41) is 7.80. The molecule has 1 aromatic carbocycles. The fraction of sp³-hybridized carbons (Fsp3) is 0.211. The lowest BCUT2D eigenvalue weighted by atomic mass is 10.2. The van der Waals surface area contributed by atoms with Crippen LogP contribution in [0.2, 0.25) is 0 Å². The Morgan fingerprint density at radius 1 is 1.10 bits per heavy atom. The Bertz CT molecular complexity index is 1160. The van der Waals surface area contributed by atoms with Crippen molar-refractivity contribution in [3.05, 3.63) is 60.3 Å². The third-order valence-corrected chi connectivity index (χ3v) is 4.34. The van der Waals surface area contributed by atoms with E-state index < -0.39 is 11.9 Å². The number of benzene rings is 1. The zero-order valence-corrected chi connectivity index (χ0v) is 15.6. The number of hydrogen-bond acceptors (Lipinski definition) is 5. The summed E-state index contributed by atoms with van der Waals surface area (Å²) in [4.78, 5) is 8.24. The second-order valence-electron chi connectivity index (χ2n) is 6.40. The van der Waals surface area contributed by atoms with Crippen LogP contribution >= 0.6 is 0 Å². The van der Waals surface area contributed by atoms with Crippen LogP contribution in [0.1, 0.15) is 11.4 Å². The summed E-state index contributed by atoms with van der Waals surface area (Å²) < 4.78 is 47.4. The first-order valence-corrected chi connectivity index (χ1v) is 8.71. The summed E-state index contributed by atoms with van der Waals surface area (Å²) in [5.74, 6) is 1.15. The number of rotatable bonds is 5. The van der Waals surface area contributed by atoms with Gasteiger partial charge in [-0.05, 0) is 31.3 Å². The summed E-state index contributed by atoms with van der Waals surface area (Å²) in [6.45, 7) is 0.588. The second kappa shape index (κ2) is 7.21. The molecule has 0 amide bonds. The molecule has 0 aliphatic heterocycles. The van der Waals surface area contributed by atoms with Crippen LogP contribution in [0.3, 0.4) is 0 Å². The number of aromatic nitrogens is 5. The predicted molar refractivity (Wildman–Crippen MR) is 99.9 cm³/mol. The Labute approximate surface area is 163 Å². The highest BCUT2D eigenvalue weighted by Gasteiger charge is 2.35. The molecule has 150 valence electrons. The summed E-state index contributed by atoms with van der Waals surface area (Å²) in [6.07, 6.45) is -1.36. The Hall–Kier alpha value is -3.40. The van der Waals surface area contributed by atoms with Crippen LogP contribution in [0, 0.1) is 0 Å². The molecule has 0 saturated carbocycles. The molecule has 10 heteroatoms. The van der Waals surface area contributed by atoms with E-state index in [9.17, 15) is 13.2 Å². The van der Waals surface area contributed by atoms with Gasteiger partial charge in [-0.25, -0.2) is 9.97 Å². The number of nitrogens with one attached hydrogen (secondary N) is 1. The van der Waals surface area contributed by atoms with Crippen molar-refractivity contribution >= 4 is 10.9 Å². The number of nitrogens with zero attached hydrogens (tertiary/aromatic N) is 5. The van der Waals surface area contributed by atoms with Gasteiger partial charge < -0.3 is 10.1 Å². The van der Waals surface area contributed by atoms with Crippen LogP contribution in [0.25, 0.3) is 16.7 Å². The van der Waals surface area contributed by atoms with Gasteiger partial charge >= 0.3 is 6.18 Å². The van der Waals surface area contributed by atoms with Crippen molar-refractivity contribution in [1.82, 2.24) is 29.6 Å². The van der Waals surface area contributed by atoms with Gasteiger partial charge in [-0.2, -0.15) is 18.3 Å². The Morgan fingerprint density at radius 2 is 1.93 bits per heavy atom. The maximum Gasteiger partial charge on any atom is 0.433 e. The lowest BCUT2D eigenvalue weighted by molar-refractivity contribution is -0.143. The van der Waals surface area contributed by atoms with E-state index in [2.05, 4.69) is 20.4 Å². The number of halogens is 3. The molecule has 1 N–H and O–H groups in total. The van der Waals surface area contributed by atoms with Crippen molar-refractivity contribution in [2.75, 3.05) is 7.05 Å². The fourth-order valence-electron chi connectivity index (χ4n) is 3.05. The number of fused-ring (bicyclic) bond motifs is 1. The minimum absolute atomic E-state index is 0.191. The monoisotopic (exact) mass is 402 g/mol. The van der Waals surface area contributed by atoms with E-state index in [1.807, 2.05) is 7.05 Å². The maximum atomic E-state index is 13.1. The van der Waals surface area contributed by atoms with Crippen LogP contribution in [0.15, 0.2) is 48.9 Å². The molecule has 0 bridgehead atoms. The molecule has 0 radical (unpaired) electrons. The first-order valence-electron chi connectivity index (χ1n) is 8.71. The Balaban J connectivity index is 1.64. The van der Waals surface area contributed by atoms with Crippen LogP contribution in [-0.4, -0.2) is 31.4 Å². The molecule has 3 heterocycles. The van der Waals surface area contributed by atoms with Crippen LogP contribution < -0.4 is 10.1 Å². The molecule has 4 rings (SSSR count). The normalized spacial score (nSPS) is 11.9. The molecule has 0 atom stereocenters. The van der Waals surface area contributed by atoms with Gasteiger partial charge in [-0.15, -0.1) is 0 Å². The molecule has 0 spiro atoms. The smallest absolute Gasteiger partial charge is 0.433 e. The van der Waals surface area contributed by atoms with Gasteiger partial charge in [0.25, 0.3) is 0 Å². The van der Waals surface area contributed by atoms with Crippen LogP contribution in [0.4, 0.5) is 13.2 Å². The molecule has 0 aliphatic rings. The number of aryl methyl sites for hydroxylation is 1. The quantitative estimate of drug-likeness (QED) is 0.552. The average Bonchev–Trinajstić information content (AvgIpc) is 3.25. The van der Waals surface area contributed by atoms with E-state index in [4.69, 9.17) is 4.74 Å². The molecule has 7 nitrogen and oxygen atoms in total. The van der Waals surface area contributed by atoms with Gasteiger partial charge in [0, 0.05) is 37.3 Å². The summed E-state index contributed by atoms with van der Waals surface area (Å²) in [7, 11) is 3.09. The highest BCUT2D eigenvalue weighted by atomic mass is 19.4. The van der Waals surface area contributed by atoms with E-state index in [1.54, 1.807) is 41.1 Å². The standard InChI is InChI=1S/C19H17F3N6O/c1-23-10-13-8-18(25-11-24-13)29-14-3-4-15-12(7-14)5-6-28(15)17-9-16(19(20,21)22)27(2)26-17/h3-9,11,23H,10H2,1-2H3. The third kappa shape index (κ3) is 3.79. The molecule has 0 aliphatic carbocycles. The van der Waals surface area contributed by atoms with Crippen molar-refractivity contribution in [2.24, 2.45) is 7.05 Å². The van der Waals surface area contributed by atoms with Crippen LogP contribution in [-0.2, 0) is 19.8 Å². The van der Waals surface area contributed by atoms with E-state index in [1.165, 1.54) is 13.4 Å². The van der Waals surface area contributed by atoms with Crippen molar-refractivity contribution in [3.8, 4) is 17.4 Å². The SMILES string of the molecule is CNCc1cc(Oc2ccc3c(ccn3-c3cc(C(F)(F)F)n(C)n3)c2)ncn1. The minimum atomic E-state index is -4.46. The molecular weight excluding hydrogens is 385 g/mol. The summed E-state index contributed by atoms with van der Waals surface area (Å²) in [5.41, 5.74) is 0.693. The van der Waals surface area contributed by atoms with Crippen molar-refractivity contribution < 1.29 is 17.9 Å². The van der Waals surface area contributed by atoms with Gasteiger partial charge in [0.05, 0.1) is 11.2 Å². The molecular formula is C19H17F3N6O. The number of hydrogen-bond donors (Lipinski definition) is 1. The lowest BCUT2D eigenvalue weighted by Gasteiger charge is -2.07. The average molecular weight is 402 g/mol. The van der Waals surface area contributed by atoms with Gasteiger partial charge in [-0.1, -0.05) is 0 Å². The Morgan fingerprint density at radius 3 is 2.66 bits per heavy atom. The molecule has 29 heavy (non-hydrogen) atoms. The van der Waals surface area contributed by atoms with Gasteiger partial charge in [0.2, 0.25) is 5.88 Å². The second-order valence-corrected chi connectivity index (χ2v) is 6.40. The maximum absolute atomic E-state index is 13.1. The van der Waals surface area contributed by atoms with Crippen molar-refractivity contribution in [2.45, 2.75) is 12.7 Å². The molecule has 4 aromatic rings. The van der Waals surface area contributed by atoms with Gasteiger partial charge in [0.1, 0.15) is 17.8 Å². The van der Waals surface area contributed by atoms with E-state index in [0.29, 0.717) is 23.7 Å². The Kier molecular flexibility index (Phi) is 4.71. The highest BCUT2D eigenvalue weighted by molar-refractivity contribution is 5.83. The van der Waals surface area contributed by atoms with Crippen molar-refractivity contribution in [1.29, 1.82) is 0 Å². The zero-order chi connectivity index (χ0) is 20.6. The number of alkyl halides is 3. The zero-order valence-electron chi connectivity index (χ0n) is 15.6. The molecule has 3 aromatic heterocycles. The first kappa shape index (κ1) is 18.9. The molecule has 0 saturated heterocycles. The van der Waals surface area contributed by atoms with Crippen molar-refractivity contribution in [3.63, 3.8) is 0 Å². The van der Waals surface area contributed by atoms with Gasteiger partial charge in [-0.3, -0.25) is 9.25 Å². The summed E-state index contributed by atoms with van der Waals surface area (Å²) in [6, 6.07) is 9.83. The molecule has 0 unspecified atom stereocenters. The molecule has 0 fully saturated rings. The largest absolute Gasteiger partial charge is 0.439 e. The van der Waals surface area contributed by atoms with Crippen LogP contribution in [0.5, 0.6) is 11.6 Å². The minimum Gasteiger partial charge on any atom is -0.439 e. The topological polar surface area (TPSA) is 69.8 Å².